The molecule has 5 nitrogen and oxygen atoms in total. The van der Waals surface area contributed by atoms with Crippen LogP contribution in [0.25, 0.3) is 5.65 Å². The lowest BCUT2D eigenvalue weighted by Gasteiger charge is -2.04. The number of imidazole rings is 1. The highest BCUT2D eigenvalue weighted by Crippen LogP contribution is 2.18. The van der Waals surface area contributed by atoms with Crippen LogP contribution >= 0.6 is 0 Å². The van der Waals surface area contributed by atoms with Gasteiger partial charge in [-0.3, -0.25) is 0 Å². The molecule has 0 saturated heterocycles. The molecule has 5 heteroatoms. The Balaban J connectivity index is 2.61. The van der Waals surface area contributed by atoms with Crippen LogP contribution in [0.2, 0.25) is 0 Å². The summed E-state index contributed by atoms with van der Waals surface area (Å²) in [5.41, 5.74) is 2.05. The number of hydrogen-bond donors (Lipinski definition) is 0. The number of nitrogens with zero attached hydrogens (tertiary/aromatic N) is 3. The third-order valence-electron chi connectivity index (χ3n) is 2.41. The number of esters is 1. The van der Waals surface area contributed by atoms with Crippen LogP contribution in [-0.2, 0) is 4.74 Å². The predicted molar refractivity (Wildman–Crippen MR) is 58.4 cm³/mol. The highest BCUT2D eigenvalue weighted by atomic mass is 16.5. The summed E-state index contributed by atoms with van der Waals surface area (Å²) in [5.74, 6) is -0.112. The van der Waals surface area contributed by atoms with Crippen molar-refractivity contribution in [1.82, 2.24) is 14.6 Å². The van der Waals surface area contributed by atoms with E-state index in [2.05, 4.69) is 28.7 Å². The minimum absolute atomic E-state index is 0.281. The van der Waals surface area contributed by atoms with Gasteiger partial charge >= 0.3 is 5.97 Å². The standard InChI is InChI=1S/C11H13N3O2/c1-7(2)8-4-5-12-14-6-9(11(15)16-3)13-10(8)14/h4-7H,1-3H3. The van der Waals surface area contributed by atoms with Crippen LogP contribution in [-0.4, -0.2) is 27.7 Å². The van der Waals surface area contributed by atoms with Crippen molar-refractivity contribution in [3.8, 4) is 0 Å². The normalized spacial score (nSPS) is 11.0. The summed E-state index contributed by atoms with van der Waals surface area (Å²) in [5, 5.41) is 4.11. The average Bonchev–Trinajstić information content (AvgIpc) is 2.70. The molecule has 2 rings (SSSR count). The van der Waals surface area contributed by atoms with Crippen molar-refractivity contribution in [3.63, 3.8) is 0 Å². The Hall–Kier alpha value is -1.91. The van der Waals surface area contributed by atoms with Gasteiger partial charge < -0.3 is 4.74 Å². The van der Waals surface area contributed by atoms with Gasteiger partial charge in [0.05, 0.1) is 13.3 Å². The van der Waals surface area contributed by atoms with Gasteiger partial charge in [0, 0.05) is 11.8 Å². The lowest BCUT2D eigenvalue weighted by Crippen LogP contribution is -2.00. The van der Waals surface area contributed by atoms with Crippen molar-refractivity contribution >= 4 is 11.6 Å². The van der Waals surface area contributed by atoms with Crippen molar-refractivity contribution < 1.29 is 9.53 Å². The van der Waals surface area contributed by atoms with Crippen LogP contribution in [0.4, 0.5) is 0 Å². The third-order valence-corrected chi connectivity index (χ3v) is 2.41. The summed E-state index contributed by atoms with van der Waals surface area (Å²) in [7, 11) is 1.34. The molecule has 2 heterocycles. The van der Waals surface area contributed by atoms with E-state index in [1.165, 1.54) is 7.11 Å². The lowest BCUT2D eigenvalue weighted by molar-refractivity contribution is 0.0595. The van der Waals surface area contributed by atoms with Crippen LogP contribution in [0.15, 0.2) is 18.5 Å². The zero-order valence-electron chi connectivity index (χ0n) is 9.47. The van der Waals surface area contributed by atoms with Gasteiger partial charge in [-0.15, -0.1) is 0 Å². The molecule has 16 heavy (non-hydrogen) atoms. The molecular weight excluding hydrogens is 206 g/mol. The maximum absolute atomic E-state index is 11.3. The van der Waals surface area contributed by atoms with E-state index in [9.17, 15) is 4.79 Å². The fourth-order valence-corrected chi connectivity index (χ4v) is 1.57. The molecule has 0 saturated carbocycles. The first-order chi connectivity index (χ1) is 7.63. The van der Waals surface area contributed by atoms with E-state index in [0.717, 1.165) is 5.56 Å². The molecule has 2 aromatic heterocycles. The maximum atomic E-state index is 11.3. The molecule has 0 aliphatic rings. The Morgan fingerprint density at radius 3 is 2.88 bits per heavy atom. The summed E-state index contributed by atoms with van der Waals surface area (Å²) >= 11 is 0. The van der Waals surface area contributed by atoms with Crippen molar-refractivity contribution in [3.05, 3.63) is 29.7 Å². The minimum Gasteiger partial charge on any atom is -0.464 e. The number of fused-ring (bicyclic) bond motifs is 1. The molecule has 84 valence electrons. The van der Waals surface area contributed by atoms with Gasteiger partial charge in [-0.25, -0.2) is 14.3 Å². The molecule has 0 bridgehead atoms. The molecule has 2 aromatic rings. The van der Waals surface area contributed by atoms with E-state index < -0.39 is 5.97 Å². The summed E-state index contributed by atoms with van der Waals surface area (Å²) in [6, 6.07) is 1.91. The number of aromatic nitrogens is 3. The van der Waals surface area contributed by atoms with Crippen LogP contribution in [0, 0.1) is 0 Å². The van der Waals surface area contributed by atoms with Crippen molar-refractivity contribution in [1.29, 1.82) is 0 Å². The molecule has 0 radical (unpaired) electrons. The van der Waals surface area contributed by atoms with Gasteiger partial charge in [0.15, 0.2) is 11.3 Å². The molecule has 0 fully saturated rings. The molecule has 0 amide bonds. The van der Waals surface area contributed by atoms with Crippen LogP contribution < -0.4 is 0 Å². The van der Waals surface area contributed by atoms with E-state index >= 15 is 0 Å². The topological polar surface area (TPSA) is 56.5 Å². The first-order valence-electron chi connectivity index (χ1n) is 5.06. The molecular formula is C11H13N3O2. The Labute approximate surface area is 93.1 Å². The van der Waals surface area contributed by atoms with E-state index in [4.69, 9.17) is 0 Å². The van der Waals surface area contributed by atoms with Gasteiger partial charge in [0.25, 0.3) is 0 Å². The predicted octanol–water partition coefficient (Wildman–Crippen LogP) is 1.64. The monoisotopic (exact) mass is 219 g/mol. The molecule has 0 spiro atoms. The minimum atomic E-state index is -0.444. The SMILES string of the molecule is COC(=O)c1cn2nccc(C(C)C)c2n1. The average molecular weight is 219 g/mol. The highest BCUT2D eigenvalue weighted by molar-refractivity contribution is 5.87. The second kappa shape index (κ2) is 3.92. The Kier molecular flexibility index (Phi) is 2.60. The summed E-state index contributed by atoms with van der Waals surface area (Å²) in [6.45, 7) is 4.14. The Morgan fingerprint density at radius 2 is 2.25 bits per heavy atom. The first kappa shape index (κ1) is 10.6. The number of ether oxygens (including phenoxy) is 1. The Bertz CT molecular complexity index is 531. The number of rotatable bonds is 2. The van der Waals surface area contributed by atoms with Gasteiger partial charge in [-0.2, -0.15) is 5.10 Å². The summed E-state index contributed by atoms with van der Waals surface area (Å²) < 4.78 is 6.22. The van der Waals surface area contributed by atoms with Crippen LogP contribution in [0.5, 0.6) is 0 Å². The van der Waals surface area contributed by atoms with Gasteiger partial charge in [0.2, 0.25) is 0 Å². The largest absolute Gasteiger partial charge is 0.464 e. The zero-order valence-corrected chi connectivity index (χ0v) is 9.47. The van der Waals surface area contributed by atoms with Gasteiger partial charge in [0.1, 0.15) is 0 Å². The maximum Gasteiger partial charge on any atom is 0.358 e. The lowest BCUT2D eigenvalue weighted by atomic mass is 10.1. The molecule has 0 aliphatic carbocycles. The number of methoxy groups -OCH3 is 1. The smallest absolute Gasteiger partial charge is 0.358 e. The number of hydrogen-bond acceptors (Lipinski definition) is 4. The van der Waals surface area contributed by atoms with Gasteiger partial charge in [-0.05, 0) is 12.0 Å². The van der Waals surface area contributed by atoms with Gasteiger partial charge in [-0.1, -0.05) is 13.8 Å². The fraction of sp³-hybridized carbons (Fsp3) is 0.364. The highest BCUT2D eigenvalue weighted by Gasteiger charge is 2.14. The third kappa shape index (κ3) is 1.64. The fourth-order valence-electron chi connectivity index (χ4n) is 1.57. The number of carbonyl (C=O) groups is 1. The summed E-state index contributed by atoms with van der Waals surface area (Å²) in [4.78, 5) is 15.6. The summed E-state index contributed by atoms with van der Waals surface area (Å²) in [6.07, 6.45) is 3.28. The van der Waals surface area contributed by atoms with Crippen molar-refractivity contribution in [2.75, 3.05) is 7.11 Å². The molecule has 0 unspecified atom stereocenters. The number of carbonyl (C=O) groups excluding carboxylic acids is 1. The van der Waals surface area contributed by atoms with E-state index in [0.29, 0.717) is 11.6 Å². The first-order valence-corrected chi connectivity index (χ1v) is 5.06. The Morgan fingerprint density at radius 1 is 1.50 bits per heavy atom. The van der Waals surface area contributed by atoms with Crippen LogP contribution in [0.1, 0.15) is 35.8 Å². The van der Waals surface area contributed by atoms with Crippen molar-refractivity contribution in [2.24, 2.45) is 0 Å². The quantitative estimate of drug-likeness (QED) is 0.720. The van der Waals surface area contributed by atoms with Crippen LogP contribution in [0.3, 0.4) is 0 Å². The second-order valence-corrected chi connectivity index (χ2v) is 3.83. The van der Waals surface area contributed by atoms with Crippen molar-refractivity contribution in [2.45, 2.75) is 19.8 Å². The molecule has 0 aliphatic heterocycles. The second-order valence-electron chi connectivity index (χ2n) is 3.83. The van der Waals surface area contributed by atoms with E-state index in [-0.39, 0.29) is 5.69 Å². The van der Waals surface area contributed by atoms with E-state index in [1.54, 1.807) is 16.9 Å². The molecule has 0 atom stereocenters. The van der Waals surface area contributed by atoms with E-state index in [1.807, 2.05) is 6.07 Å². The molecule has 0 aromatic carbocycles. The molecule has 0 N–H and O–H groups in total. The zero-order chi connectivity index (χ0) is 11.7.